The minimum absolute atomic E-state index is 0.451. The van der Waals surface area contributed by atoms with E-state index in [9.17, 15) is 0 Å². The van der Waals surface area contributed by atoms with Crippen LogP contribution in [-0.2, 0) is 6.61 Å². The molecule has 5 heteroatoms. The highest BCUT2D eigenvalue weighted by atomic mass is 79.9. The first kappa shape index (κ1) is 16.4. The molecular formula is C17H18BrNO3. The first-order chi connectivity index (χ1) is 10.6. The van der Waals surface area contributed by atoms with E-state index in [0.29, 0.717) is 24.7 Å². The summed E-state index contributed by atoms with van der Waals surface area (Å²) in [4.78, 5) is 0. The van der Waals surface area contributed by atoms with Crippen molar-refractivity contribution in [1.29, 1.82) is 0 Å². The molecule has 1 N–H and O–H groups in total. The lowest BCUT2D eigenvalue weighted by Crippen LogP contribution is -2.01. The number of ether oxygens (including phenoxy) is 2. The molecule has 0 aliphatic rings. The van der Waals surface area contributed by atoms with Gasteiger partial charge in [0, 0.05) is 5.56 Å². The van der Waals surface area contributed by atoms with Gasteiger partial charge in [-0.15, -0.1) is 0 Å². The lowest BCUT2D eigenvalue weighted by Gasteiger charge is -2.14. The van der Waals surface area contributed by atoms with E-state index in [-0.39, 0.29) is 0 Å². The van der Waals surface area contributed by atoms with E-state index in [1.54, 1.807) is 6.07 Å². The molecular weight excluding hydrogens is 346 g/mol. The van der Waals surface area contributed by atoms with Crippen LogP contribution in [-0.4, -0.2) is 18.0 Å². The van der Waals surface area contributed by atoms with Crippen LogP contribution in [0.5, 0.6) is 11.5 Å². The van der Waals surface area contributed by atoms with Gasteiger partial charge in [-0.3, -0.25) is 0 Å². The summed E-state index contributed by atoms with van der Waals surface area (Å²) in [6.45, 7) is 4.93. The van der Waals surface area contributed by atoms with Crippen molar-refractivity contribution in [2.75, 3.05) is 6.61 Å². The molecule has 0 radical (unpaired) electrons. The number of rotatable bonds is 6. The second-order valence-corrected chi connectivity index (χ2v) is 5.64. The Balaban J connectivity index is 2.22. The maximum Gasteiger partial charge on any atom is 0.175 e. The summed E-state index contributed by atoms with van der Waals surface area (Å²) in [5.74, 6) is 1.25. The molecule has 0 fully saturated rings. The molecule has 0 aromatic heterocycles. The van der Waals surface area contributed by atoms with Gasteiger partial charge in [-0.25, -0.2) is 0 Å². The number of aryl methyl sites for hydroxylation is 1. The van der Waals surface area contributed by atoms with Crippen molar-refractivity contribution < 1.29 is 14.7 Å². The monoisotopic (exact) mass is 363 g/mol. The van der Waals surface area contributed by atoms with Crippen molar-refractivity contribution in [2.24, 2.45) is 5.16 Å². The fourth-order valence-electron chi connectivity index (χ4n) is 1.97. The average Bonchev–Trinajstić information content (AvgIpc) is 2.49. The fraction of sp³-hybridized carbons (Fsp3) is 0.235. The average molecular weight is 364 g/mol. The van der Waals surface area contributed by atoms with Crippen molar-refractivity contribution in [1.82, 2.24) is 0 Å². The van der Waals surface area contributed by atoms with Gasteiger partial charge in [0.25, 0.3) is 0 Å². The lowest BCUT2D eigenvalue weighted by atomic mass is 10.2. The summed E-state index contributed by atoms with van der Waals surface area (Å²) in [5.41, 5.74) is 3.02. The van der Waals surface area contributed by atoms with E-state index in [0.717, 1.165) is 15.6 Å². The quantitative estimate of drug-likeness (QED) is 0.465. The van der Waals surface area contributed by atoms with Crippen molar-refractivity contribution in [3.05, 3.63) is 57.6 Å². The maximum absolute atomic E-state index is 8.66. The molecule has 0 spiro atoms. The molecule has 22 heavy (non-hydrogen) atoms. The van der Waals surface area contributed by atoms with Crippen LogP contribution in [0.2, 0.25) is 0 Å². The molecule has 0 aliphatic carbocycles. The zero-order valence-corrected chi connectivity index (χ0v) is 14.1. The predicted octanol–water partition coefficient (Wildman–Crippen LogP) is 4.54. The van der Waals surface area contributed by atoms with Crippen LogP contribution in [0.15, 0.2) is 46.0 Å². The maximum atomic E-state index is 8.66. The molecule has 0 saturated heterocycles. The summed E-state index contributed by atoms with van der Waals surface area (Å²) < 4.78 is 12.3. The molecule has 2 aromatic carbocycles. The summed E-state index contributed by atoms with van der Waals surface area (Å²) in [7, 11) is 0. The molecule has 2 aromatic rings. The van der Waals surface area contributed by atoms with Gasteiger partial charge in [0.15, 0.2) is 11.5 Å². The van der Waals surface area contributed by atoms with Gasteiger partial charge in [0.1, 0.15) is 6.61 Å². The van der Waals surface area contributed by atoms with Gasteiger partial charge in [-0.2, -0.15) is 0 Å². The minimum Gasteiger partial charge on any atom is -0.490 e. The van der Waals surface area contributed by atoms with Gasteiger partial charge in [-0.1, -0.05) is 35.0 Å². The van der Waals surface area contributed by atoms with Crippen molar-refractivity contribution >= 4 is 22.1 Å². The summed E-state index contributed by atoms with van der Waals surface area (Å²) >= 11 is 3.47. The van der Waals surface area contributed by atoms with Gasteiger partial charge in [0.2, 0.25) is 0 Å². The Morgan fingerprint density at radius 1 is 1.18 bits per heavy atom. The first-order valence-corrected chi connectivity index (χ1v) is 7.75. The molecule has 2 rings (SSSR count). The highest BCUT2D eigenvalue weighted by Gasteiger charge is 2.12. The highest BCUT2D eigenvalue weighted by molar-refractivity contribution is 9.10. The predicted molar refractivity (Wildman–Crippen MR) is 90.2 cm³/mol. The second-order valence-electron chi connectivity index (χ2n) is 4.78. The summed E-state index contributed by atoms with van der Waals surface area (Å²) in [6.07, 6.45) is 1.34. The largest absolute Gasteiger partial charge is 0.490 e. The van der Waals surface area contributed by atoms with Crippen LogP contribution in [0.25, 0.3) is 0 Å². The normalized spacial score (nSPS) is 10.9. The van der Waals surface area contributed by atoms with Gasteiger partial charge >= 0.3 is 0 Å². The van der Waals surface area contributed by atoms with Crippen LogP contribution in [0.4, 0.5) is 0 Å². The molecule has 0 aliphatic heterocycles. The molecule has 0 bridgehead atoms. The Morgan fingerprint density at radius 3 is 2.55 bits per heavy atom. The van der Waals surface area contributed by atoms with Crippen molar-refractivity contribution in [3.63, 3.8) is 0 Å². The molecule has 0 heterocycles. The third kappa shape index (κ3) is 4.24. The number of hydrogen-bond acceptors (Lipinski definition) is 4. The summed E-state index contributed by atoms with van der Waals surface area (Å²) in [6, 6.07) is 11.8. The van der Waals surface area contributed by atoms with E-state index < -0.39 is 0 Å². The van der Waals surface area contributed by atoms with Crippen LogP contribution in [0.1, 0.15) is 23.6 Å². The number of halogens is 1. The highest BCUT2D eigenvalue weighted by Crippen LogP contribution is 2.37. The third-order valence-corrected chi connectivity index (χ3v) is 3.63. The molecule has 0 unspecified atom stereocenters. The topological polar surface area (TPSA) is 51.0 Å². The SMILES string of the molecule is CCOc1cc(/C=N\O)cc(Br)c1OCc1ccc(C)cc1. The number of benzene rings is 2. The van der Waals surface area contributed by atoms with Crippen molar-refractivity contribution in [2.45, 2.75) is 20.5 Å². The molecule has 116 valence electrons. The van der Waals surface area contributed by atoms with Gasteiger partial charge in [-0.05, 0) is 47.5 Å². The minimum atomic E-state index is 0.451. The number of oxime groups is 1. The zero-order chi connectivity index (χ0) is 15.9. The molecule has 0 atom stereocenters. The Labute approximate surface area is 138 Å². The Morgan fingerprint density at radius 2 is 1.91 bits per heavy atom. The standard InChI is InChI=1S/C17H18BrNO3/c1-3-21-16-9-14(10-19-20)8-15(18)17(16)22-11-13-6-4-12(2)5-7-13/h4-10,20H,3,11H2,1-2H3/b19-10-. The Kier molecular flexibility index (Phi) is 5.83. The van der Waals surface area contributed by atoms with Gasteiger partial charge in [0.05, 0.1) is 17.3 Å². The van der Waals surface area contributed by atoms with Crippen LogP contribution in [0.3, 0.4) is 0 Å². The van der Waals surface area contributed by atoms with E-state index in [2.05, 4.69) is 40.1 Å². The smallest absolute Gasteiger partial charge is 0.175 e. The molecule has 0 amide bonds. The van der Waals surface area contributed by atoms with Crippen LogP contribution < -0.4 is 9.47 Å². The molecule has 0 saturated carbocycles. The van der Waals surface area contributed by atoms with E-state index in [4.69, 9.17) is 14.7 Å². The Bertz CT molecular complexity index is 654. The zero-order valence-electron chi connectivity index (χ0n) is 12.5. The lowest BCUT2D eigenvalue weighted by molar-refractivity contribution is 0.267. The van der Waals surface area contributed by atoms with E-state index in [1.165, 1.54) is 11.8 Å². The van der Waals surface area contributed by atoms with Crippen molar-refractivity contribution in [3.8, 4) is 11.5 Å². The van der Waals surface area contributed by atoms with Crippen LogP contribution >= 0.6 is 15.9 Å². The van der Waals surface area contributed by atoms with Crippen LogP contribution in [0, 0.1) is 6.92 Å². The van der Waals surface area contributed by atoms with E-state index in [1.807, 2.05) is 25.1 Å². The third-order valence-electron chi connectivity index (χ3n) is 3.04. The molecule has 4 nitrogen and oxygen atoms in total. The Hall–Kier alpha value is -2.01. The van der Waals surface area contributed by atoms with E-state index >= 15 is 0 Å². The fourth-order valence-corrected chi connectivity index (χ4v) is 2.55. The van der Waals surface area contributed by atoms with Gasteiger partial charge < -0.3 is 14.7 Å². The number of nitrogens with zero attached hydrogens (tertiary/aromatic N) is 1. The number of hydrogen-bond donors (Lipinski definition) is 1. The first-order valence-electron chi connectivity index (χ1n) is 6.96. The summed E-state index contributed by atoms with van der Waals surface area (Å²) in [5, 5.41) is 11.7. The second kappa shape index (κ2) is 7.84.